The molecule has 2 aromatic heterocycles. The van der Waals surface area contributed by atoms with Gasteiger partial charge >= 0.3 is 0 Å². The average Bonchev–Trinajstić information content (AvgIpc) is 3.27. The van der Waals surface area contributed by atoms with Crippen molar-refractivity contribution in [2.75, 3.05) is 0 Å². The van der Waals surface area contributed by atoms with E-state index in [-0.39, 0.29) is 35.2 Å². The van der Waals surface area contributed by atoms with Gasteiger partial charge in [-0.1, -0.05) is 37.3 Å². The number of nitrogens with one attached hydrogen (secondary N) is 1. The van der Waals surface area contributed by atoms with Crippen molar-refractivity contribution >= 4 is 11.6 Å². The van der Waals surface area contributed by atoms with Gasteiger partial charge in [-0.05, 0) is 37.0 Å². The van der Waals surface area contributed by atoms with E-state index in [0.29, 0.717) is 18.4 Å². The lowest BCUT2D eigenvalue weighted by Crippen LogP contribution is -2.30. The van der Waals surface area contributed by atoms with Gasteiger partial charge < -0.3 is 4.57 Å². The van der Waals surface area contributed by atoms with Gasteiger partial charge in [-0.25, -0.2) is 0 Å². The molecular weight excluding hydrogens is 366 g/mol. The third-order valence-corrected chi connectivity index (χ3v) is 5.11. The minimum Gasteiger partial charge on any atom is -0.307 e. The number of Topliss-reactive ketones (excluding diaryl/α,β-unsaturated/α-hetero) is 2. The summed E-state index contributed by atoms with van der Waals surface area (Å²) < 4.78 is 1.50. The molecule has 0 saturated carbocycles. The maximum absolute atomic E-state index is 12.9. The van der Waals surface area contributed by atoms with Gasteiger partial charge in [-0.2, -0.15) is 5.10 Å². The summed E-state index contributed by atoms with van der Waals surface area (Å²) in [5.41, 5.74) is 2.10. The van der Waals surface area contributed by atoms with Crippen molar-refractivity contribution in [2.24, 2.45) is 0 Å². The van der Waals surface area contributed by atoms with Crippen LogP contribution < -0.4 is 5.56 Å². The largest absolute Gasteiger partial charge is 0.307 e. The van der Waals surface area contributed by atoms with Crippen LogP contribution in [0, 0.1) is 0 Å². The molecule has 0 saturated heterocycles. The standard InChI is InChI=1S/C23H25N3O3/c1-3-21(27)20-12-19(22(28)11-7-8-17-13-24-25-14-17)15-26(23(20)29)16(2)18-9-5-4-6-10-18/h4-6,9-10,12-16H,3,7-8,11H2,1-2H3,(H,24,25)/t16-/m1/s1. The Hall–Kier alpha value is -3.28. The topological polar surface area (TPSA) is 84.8 Å². The fourth-order valence-corrected chi connectivity index (χ4v) is 3.34. The molecule has 0 amide bonds. The number of rotatable bonds is 9. The monoisotopic (exact) mass is 391 g/mol. The highest BCUT2D eigenvalue weighted by Gasteiger charge is 2.19. The highest BCUT2D eigenvalue weighted by molar-refractivity contribution is 6.00. The van der Waals surface area contributed by atoms with Gasteiger partial charge in [0, 0.05) is 30.8 Å². The van der Waals surface area contributed by atoms with E-state index in [1.54, 1.807) is 19.3 Å². The summed E-state index contributed by atoms with van der Waals surface area (Å²) in [4.78, 5) is 38.1. The lowest BCUT2D eigenvalue weighted by molar-refractivity contribution is 0.0979. The molecule has 3 aromatic rings. The molecule has 3 rings (SSSR count). The quantitative estimate of drug-likeness (QED) is 0.559. The number of pyridine rings is 1. The molecule has 0 unspecified atom stereocenters. The van der Waals surface area contributed by atoms with E-state index < -0.39 is 0 Å². The predicted octanol–water partition coefficient (Wildman–Crippen LogP) is 3.98. The van der Waals surface area contributed by atoms with Crippen molar-refractivity contribution in [3.8, 4) is 0 Å². The Morgan fingerprint density at radius 3 is 2.59 bits per heavy atom. The zero-order valence-corrected chi connectivity index (χ0v) is 16.7. The first kappa shape index (κ1) is 20.5. The number of aryl methyl sites for hydroxylation is 1. The molecule has 6 heteroatoms. The molecule has 1 aromatic carbocycles. The maximum atomic E-state index is 12.9. The molecule has 0 aliphatic rings. The van der Waals surface area contributed by atoms with Crippen molar-refractivity contribution in [3.63, 3.8) is 0 Å². The molecular formula is C23H25N3O3. The Morgan fingerprint density at radius 1 is 1.17 bits per heavy atom. The SMILES string of the molecule is CCC(=O)c1cc(C(=O)CCCc2cn[nH]c2)cn([C@H](C)c2ccccc2)c1=O. The number of nitrogens with zero attached hydrogens (tertiary/aromatic N) is 2. The molecule has 0 spiro atoms. The summed E-state index contributed by atoms with van der Waals surface area (Å²) in [5.74, 6) is -0.329. The van der Waals surface area contributed by atoms with Gasteiger partial charge in [0.15, 0.2) is 11.6 Å². The van der Waals surface area contributed by atoms with Gasteiger partial charge in [0.1, 0.15) is 0 Å². The normalized spacial score (nSPS) is 11.9. The number of aromatic nitrogens is 3. The summed E-state index contributed by atoms with van der Waals surface area (Å²) >= 11 is 0. The van der Waals surface area contributed by atoms with Crippen LogP contribution in [0.2, 0.25) is 0 Å². The number of hydrogen-bond acceptors (Lipinski definition) is 4. The second kappa shape index (κ2) is 9.28. The van der Waals surface area contributed by atoms with Crippen molar-refractivity contribution in [1.82, 2.24) is 14.8 Å². The van der Waals surface area contributed by atoms with Gasteiger partial charge in [0.25, 0.3) is 5.56 Å². The third-order valence-electron chi connectivity index (χ3n) is 5.11. The van der Waals surface area contributed by atoms with E-state index in [1.807, 2.05) is 43.5 Å². The highest BCUT2D eigenvalue weighted by atomic mass is 16.1. The molecule has 0 aliphatic heterocycles. The van der Waals surface area contributed by atoms with E-state index in [0.717, 1.165) is 17.5 Å². The molecule has 0 fully saturated rings. The molecule has 1 atom stereocenters. The van der Waals surface area contributed by atoms with E-state index in [1.165, 1.54) is 10.6 Å². The number of hydrogen-bond donors (Lipinski definition) is 1. The van der Waals surface area contributed by atoms with Crippen LogP contribution in [0.15, 0.2) is 59.8 Å². The summed E-state index contributed by atoms with van der Waals surface area (Å²) in [6.07, 6.45) is 7.10. The summed E-state index contributed by atoms with van der Waals surface area (Å²) in [6.45, 7) is 3.61. The Bertz CT molecular complexity index is 1040. The zero-order chi connectivity index (χ0) is 20.8. The zero-order valence-electron chi connectivity index (χ0n) is 16.7. The highest BCUT2D eigenvalue weighted by Crippen LogP contribution is 2.18. The van der Waals surface area contributed by atoms with Crippen LogP contribution in [0.5, 0.6) is 0 Å². The third kappa shape index (κ3) is 4.77. The molecule has 150 valence electrons. The van der Waals surface area contributed by atoms with Gasteiger partial charge in [-0.3, -0.25) is 19.5 Å². The Morgan fingerprint density at radius 2 is 1.93 bits per heavy atom. The average molecular weight is 391 g/mol. The van der Waals surface area contributed by atoms with Crippen LogP contribution in [0.25, 0.3) is 0 Å². The van der Waals surface area contributed by atoms with Crippen LogP contribution in [0.1, 0.15) is 71.0 Å². The van der Waals surface area contributed by atoms with Crippen molar-refractivity contribution in [2.45, 2.75) is 45.6 Å². The Balaban J connectivity index is 1.91. The fraction of sp³-hybridized carbons (Fsp3) is 0.304. The lowest BCUT2D eigenvalue weighted by Gasteiger charge is -2.18. The second-order valence-corrected chi connectivity index (χ2v) is 7.10. The van der Waals surface area contributed by atoms with Crippen LogP contribution in [0.3, 0.4) is 0 Å². The van der Waals surface area contributed by atoms with Crippen LogP contribution in [0.4, 0.5) is 0 Å². The summed E-state index contributed by atoms with van der Waals surface area (Å²) in [6, 6.07) is 10.7. The van der Waals surface area contributed by atoms with Crippen LogP contribution >= 0.6 is 0 Å². The summed E-state index contributed by atoms with van der Waals surface area (Å²) in [7, 11) is 0. The first-order valence-corrected chi connectivity index (χ1v) is 9.86. The van der Waals surface area contributed by atoms with Gasteiger partial charge in [0.05, 0.1) is 17.8 Å². The molecule has 0 radical (unpaired) electrons. The number of H-pyrrole nitrogens is 1. The first-order chi connectivity index (χ1) is 14.0. The summed E-state index contributed by atoms with van der Waals surface area (Å²) in [5, 5.41) is 6.66. The van der Waals surface area contributed by atoms with E-state index >= 15 is 0 Å². The minimum absolute atomic E-state index is 0.0762. The van der Waals surface area contributed by atoms with E-state index in [2.05, 4.69) is 10.2 Å². The van der Waals surface area contributed by atoms with E-state index in [9.17, 15) is 14.4 Å². The predicted molar refractivity (Wildman–Crippen MR) is 111 cm³/mol. The number of ketones is 2. The lowest BCUT2D eigenvalue weighted by atomic mass is 10.0. The van der Waals surface area contributed by atoms with Crippen molar-refractivity contribution < 1.29 is 9.59 Å². The van der Waals surface area contributed by atoms with Crippen molar-refractivity contribution in [3.05, 3.63) is 87.6 Å². The Kier molecular flexibility index (Phi) is 6.54. The van der Waals surface area contributed by atoms with Gasteiger partial charge in [-0.15, -0.1) is 0 Å². The van der Waals surface area contributed by atoms with E-state index in [4.69, 9.17) is 0 Å². The molecule has 0 bridgehead atoms. The molecule has 6 nitrogen and oxygen atoms in total. The fourth-order valence-electron chi connectivity index (χ4n) is 3.34. The Labute approximate surface area is 169 Å². The molecule has 1 N–H and O–H groups in total. The number of aromatic amines is 1. The molecule has 0 aliphatic carbocycles. The molecule has 29 heavy (non-hydrogen) atoms. The van der Waals surface area contributed by atoms with Crippen molar-refractivity contribution in [1.29, 1.82) is 0 Å². The first-order valence-electron chi connectivity index (χ1n) is 9.86. The van der Waals surface area contributed by atoms with Crippen LogP contribution in [-0.4, -0.2) is 26.3 Å². The van der Waals surface area contributed by atoms with Crippen LogP contribution in [-0.2, 0) is 6.42 Å². The number of carbonyl (C=O) groups is 2. The number of benzene rings is 1. The molecule has 2 heterocycles. The smallest absolute Gasteiger partial charge is 0.262 e. The number of carbonyl (C=O) groups excluding carboxylic acids is 2. The maximum Gasteiger partial charge on any atom is 0.262 e. The second-order valence-electron chi connectivity index (χ2n) is 7.10. The van der Waals surface area contributed by atoms with Gasteiger partial charge in [0.2, 0.25) is 0 Å². The minimum atomic E-state index is -0.358.